The first-order valence-electron chi connectivity index (χ1n) is 6.53. The molecule has 1 aromatic heterocycles. The van der Waals surface area contributed by atoms with E-state index in [4.69, 9.17) is 10.4 Å². The lowest BCUT2D eigenvalue weighted by molar-refractivity contribution is -0.142. The average molecular weight is 309 g/mol. The minimum atomic E-state index is -3.87. The smallest absolute Gasteiger partial charge is 0.306 e. The molecule has 0 aromatic carbocycles. The van der Waals surface area contributed by atoms with Crippen molar-refractivity contribution in [3.8, 4) is 6.07 Å². The maximum absolute atomic E-state index is 12.2. The Labute approximate surface area is 122 Å². The van der Waals surface area contributed by atoms with Crippen LogP contribution in [0.2, 0.25) is 0 Å². The Hall–Kier alpha value is -1.98. The molecule has 2 unspecified atom stereocenters. The van der Waals surface area contributed by atoms with Gasteiger partial charge in [0.2, 0.25) is 10.0 Å². The number of nitrogens with zero attached hydrogens (tertiary/aromatic N) is 2. The third kappa shape index (κ3) is 3.37. The Kier molecular flexibility index (Phi) is 4.55. The second-order valence-electron chi connectivity index (χ2n) is 4.95. The molecule has 1 fully saturated rings. The summed E-state index contributed by atoms with van der Waals surface area (Å²) in [5.41, 5.74) is -0.175. The Balaban J connectivity index is 2.12. The second-order valence-corrected chi connectivity index (χ2v) is 6.68. The number of rotatable bonds is 5. The van der Waals surface area contributed by atoms with Crippen LogP contribution in [0.1, 0.15) is 25.0 Å². The maximum Gasteiger partial charge on any atom is 0.306 e. The van der Waals surface area contributed by atoms with Gasteiger partial charge in [-0.3, -0.25) is 4.79 Å². The topological polar surface area (TPSA) is 120 Å². The number of sulfonamides is 1. The zero-order chi connectivity index (χ0) is 15.5. The zero-order valence-electron chi connectivity index (χ0n) is 11.2. The summed E-state index contributed by atoms with van der Waals surface area (Å²) in [5.74, 6) is -1.63. The first kappa shape index (κ1) is 15.4. The van der Waals surface area contributed by atoms with E-state index in [9.17, 15) is 13.2 Å². The van der Waals surface area contributed by atoms with E-state index >= 15 is 0 Å². The number of aromatic nitrogens is 1. The number of nitriles is 1. The van der Waals surface area contributed by atoms with Crippen LogP contribution in [-0.2, 0) is 14.8 Å². The molecule has 0 amide bonds. The van der Waals surface area contributed by atoms with Crippen molar-refractivity contribution in [2.75, 3.05) is 6.54 Å². The molecule has 1 heterocycles. The molecule has 21 heavy (non-hydrogen) atoms. The van der Waals surface area contributed by atoms with Gasteiger partial charge in [-0.15, -0.1) is 0 Å². The molecular formula is C13H15N3O4S. The predicted molar refractivity (Wildman–Crippen MR) is 72.6 cm³/mol. The third-order valence-corrected chi connectivity index (χ3v) is 5.13. The minimum Gasteiger partial charge on any atom is -0.481 e. The van der Waals surface area contributed by atoms with Crippen LogP contribution in [0.4, 0.5) is 0 Å². The van der Waals surface area contributed by atoms with Gasteiger partial charge in [-0.25, -0.2) is 18.1 Å². The number of hydrogen-bond donors (Lipinski definition) is 2. The predicted octanol–water partition coefficient (Wildman–Crippen LogP) is 0.732. The lowest BCUT2D eigenvalue weighted by Gasteiger charge is -2.16. The van der Waals surface area contributed by atoms with Crippen LogP contribution in [0.5, 0.6) is 0 Å². The molecule has 8 heteroatoms. The van der Waals surface area contributed by atoms with Crippen molar-refractivity contribution in [1.29, 1.82) is 5.26 Å². The van der Waals surface area contributed by atoms with Crippen LogP contribution in [0.25, 0.3) is 0 Å². The zero-order valence-corrected chi connectivity index (χ0v) is 12.0. The van der Waals surface area contributed by atoms with Gasteiger partial charge in [0.1, 0.15) is 11.0 Å². The number of nitrogens with one attached hydrogen (secondary N) is 1. The summed E-state index contributed by atoms with van der Waals surface area (Å²) in [6.07, 6.45) is 3.37. The summed E-state index contributed by atoms with van der Waals surface area (Å²) in [4.78, 5) is 14.6. The largest absolute Gasteiger partial charge is 0.481 e. The van der Waals surface area contributed by atoms with Gasteiger partial charge < -0.3 is 5.11 Å². The van der Waals surface area contributed by atoms with E-state index in [0.29, 0.717) is 12.8 Å². The van der Waals surface area contributed by atoms with Crippen LogP contribution >= 0.6 is 0 Å². The van der Waals surface area contributed by atoms with Crippen molar-refractivity contribution < 1.29 is 18.3 Å². The Morgan fingerprint density at radius 2 is 2.29 bits per heavy atom. The quantitative estimate of drug-likeness (QED) is 0.827. The summed E-state index contributed by atoms with van der Waals surface area (Å²) in [7, 11) is -3.87. The molecule has 1 aliphatic carbocycles. The molecule has 0 spiro atoms. The van der Waals surface area contributed by atoms with E-state index in [2.05, 4.69) is 9.71 Å². The van der Waals surface area contributed by atoms with Crippen LogP contribution in [-0.4, -0.2) is 31.0 Å². The van der Waals surface area contributed by atoms with Gasteiger partial charge in [0.25, 0.3) is 0 Å². The summed E-state index contributed by atoms with van der Waals surface area (Å²) in [6, 6.07) is 4.47. The molecule has 2 N–H and O–H groups in total. The summed E-state index contributed by atoms with van der Waals surface area (Å²) >= 11 is 0. The highest BCUT2D eigenvalue weighted by Crippen LogP contribution is 2.31. The molecule has 1 aliphatic rings. The van der Waals surface area contributed by atoms with Crippen molar-refractivity contribution in [3.63, 3.8) is 0 Å². The minimum absolute atomic E-state index is 0.0546. The number of carboxylic acid groups (broad SMARTS) is 1. The van der Waals surface area contributed by atoms with Gasteiger partial charge in [-0.05, 0) is 30.9 Å². The molecule has 112 valence electrons. The molecule has 0 radical (unpaired) electrons. The van der Waals surface area contributed by atoms with E-state index in [0.717, 1.165) is 6.42 Å². The van der Waals surface area contributed by atoms with Gasteiger partial charge in [0.15, 0.2) is 5.69 Å². The Morgan fingerprint density at radius 3 is 2.95 bits per heavy atom. The number of pyridine rings is 1. The highest BCUT2D eigenvalue weighted by atomic mass is 32.2. The summed E-state index contributed by atoms with van der Waals surface area (Å²) in [5, 5.41) is 18.0. The first-order valence-corrected chi connectivity index (χ1v) is 8.01. The highest BCUT2D eigenvalue weighted by molar-refractivity contribution is 7.89. The SMILES string of the molecule is N#Cc1ncccc1S(=O)(=O)NCC1CCCC1C(=O)O. The van der Waals surface area contributed by atoms with E-state index in [1.165, 1.54) is 18.3 Å². The van der Waals surface area contributed by atoms with Crippen molar-refractivity contribution in [2.24, 2.45) is 11.8 Å². The fourth-order valence-corrected chi connectivity index (χ4v) is 3.79. The first-order chi connectivity index (χ1) is 9.95. The van der Waals surface area contributed by atoms with Crippen LogP contribution in [0, 0.1) is 23.2 Å². The molecule has 0 bridgehead atoms. The van der Waals surface area contributed by atoms with Gasteiger partial charge in [-0.1, -0.05) is 6.42 Å². The molecule has 7 nitrogen and oxygen atoms in total. The number of carboxylic acids is 1. The fourth-order valence-electron chi connectivity index (χ4n) is 2.59. The number of hydrogen-bond acceptors (Lipinski definition) is 5. The summed E-state index contributed by atoms with van der Waals surface area (Å²) < 4.78 is 26.8. The van der Waals surface area contributed by atoms with Crippen LogP contribution < -0.4 is 4.72 Å². The third-order valence-electron chi connectivity index (χ3n) is 3.68. The van der Waals surface area contributed by atoms with Crippen molar-refractivity contribution in [2.45, 2.75) is 24.2 Å². The molecular weight excluding hydrogens is 294 g/mol. The maximum atomic E-state index is 12.2. The molecule has 2 rings (SSSR count). The second kappa shape index (κ2) is 6.20. The Bertz CT molecular complexity index is 681. The van der Waals surface area contributed by atoms with E-state index in [1.54, 1.807) is 6.07 Å². The fraction of sp³-hybridized carbons (Fsp3) is 0.462. The van der Waals surface area contributed by atoms with E-state index in [-0.39, 0.29) is 23.1 Å². The number of carbonyl (C=O) groups is 1. The van der Waals surface area contributed by atoms with E-state index < -0.39 is 21.9 Å². The summed E-state index contributed by atoms with van der Waals surface area (Å²) in [6.45, 7) is 0.0546. The standard InChI is InChI=1S/C13H15N3O4S/c14-7-11-12(5-2-6-15-11)21(19,20)16-8-9-3-1-4-10(9)13(17)18/h2,5-6,9-10,16H,1,3-4,8H2,(H,17,18). The average Bonchev–Trinajstić information content (AvgIpc) is 2.94. The molecule has 0 aliphatic heterocycles. The van der Waals surface area contributed by atoms with Crippen molar-refractivity contribution in [1.82, 2.24) is 9.71 Å². The molecule has 1 aromatic rings. The Morgan fingerprint density at radius 1 is 1.52 bits per heavy atom. The lowest BCUT2D eigenvalue weighted by Crippen LogP contribution is -2.33. The van der Waals surface area contributed by atoms with Gasteiger partial charge in [0.05, 0.1) is 5.92 Å². The normalized spacial score (nSPS) is 21.9. The van der Waals surface area contributed by atoms with E-state index in [1.807, 2.05) is 0 Å². The molecule has 0 saturated heterocycles. The van der Waals surface area contributed by atoms with Crippen LogP contribution in [0.3, 0.4) is 0 Å². The molecule has 2 atom stereocenters. The lowest BCUT2D eigenvalue weighted by atomic mass is 9.97. The molecule has 1 saturated carbocycles. The number of aliphatic carboxylic acids is 1. The van der Waals surface area contributed by atoms with Crippen molar-refractivity contribution >= 4 is 16.0 Å². The monoisotopic (exact) mass is 309 g/mol. The van der Waals surface area contributed by atoms with Gasteiger partial charge >= 0.3 is 5.97 Å². The van der Waals surface area contributed by atoms with Gasteiger partial charge in [0, 0.05) is 12.7 Å². The van der Waals surface area contributed by atoms with Crippen molar-refractivity contribution in [3.05, 3.63) is 24.0 Å². The van der Waals surface area contributed by atoms with Crippen LogP contribution in [0.15, 0.2) is 23.2 Å². The van der Waals surface area contributed by atoms with Gasteiger partial charge in [-0.2, -0.15) is 5.26 Å². The highest BCUT2D eigenvalue weighted by Gasteiger charge is 2.33.